The summed E-state index contributed by atoms with van der Waals surface area (Å²) < 4.78 is 31.4. The average Bonchev–Trinajstić information content (AvgIpc) is 2.66. The van der Waals surface area contributed by atoms with Crippen LogP contribution in [0.4, 0.5) is 0 Å². The van der Waals surface area contributed by atoms with Crippen molar-refractivity contribution in [3.8, 4) is 5.75 Å². The molecule has 0 bridgehead atoms. The summed E-state index contributed by atoms with van der Waals surface area (Å²) in [6.07, 6.45) is 1.58. The molecule has 0 aromatic heterocycles. The van der Waals surface area contributed by atoms with Crippen molar-refractivity contribution < 1.29 is 22.7 Å². The van der Waals surface area contributed by atoms with Crippen molar-refractivity contribution in [3.05, 3.63) is 23.8 Å². The van der Waals surface area contributed by atoms with E-state index in [1.165, 1.54) is 33.3 Å². The third-order valence-electron chi connectivity index (χ3n) is 4.75. The summed E-state index contributed by atoms with van der Waals surface area (Å²) in [6.45, 7) is 4.62. The van der Waals surface area contributed by atoms with Crippen molar-refractivity contribution in [1.82, 2.24) is 14.5 Å². The molecule has 0 spiro atoms. The second-order valence-corrected chi connectivity index (χ2v) is 9.53. The number of amides is 2. The number of methoxy groups -OCH3 is 1. The summed E-state index contributed by atoms with van der Waals surface area (Å²) in [7, 11) is 0.478. The summed E-state index contributed by atoms with van der Waals surface area (Å²) in [4.78, 5) is 26.5. The van der Waals surface area contributed by atoms with Crippen molar-refractivity contribution in [3.63, 3.8) is 0 Å². The van der Waals surface area contributed by atoms with Crippen LogP contribution in [-0.2, 0) is 14.8 Å². The lowest BCUT2D eigenvalue weighted by atomic mass is 10.0. The molecular weight excluding hydrogens is 382 g/mol. The number of carbonyl (C=O) groups excluding carboxylic acids is 2. The lowest BCUT2D eigenvalue weighted by Crippen LogP contribution is -2.50. The minimum Gasteiger partial charge on any atom is -0.495 e. The number of nitrogens with zero attached hydrogens (tertiary/aromatic N) is 2. The number of benzene rings is 1. The summed E-state index contributed by atoms with van der Waals surface area (Å²) in [5.41, 5.74) is 0.275. The fourth-order valence-corrected chi connectivity index (χ4v) is 4.11. The van der Waals surface area contributed by atoms with Gasteiger partial charge >= 0.3 is 0 Å². The largest absolute Gasteiger partial charge is 0.495 e. The highest BCUT2D eigenvalue weighted by Gasteiger charge is 2.28. The van der Waals surface area contributed by atoms with Gasteiger partial charge in [0.2, 0.25) is 15.9 Å². The van der Waals surface area contributed by atoms with Crippen LogP contribution in [0.2, 0.25) is 0 Å². The van der Waals surface area contributed by atoms with Gasteiger partial charge in [0.05, 0.1) is 7.11 Å². The maximum Gasteiger partial charge on any atom is 0.253 e. The van der Waals surface area contributed by atoms with Gasteiger partial charge in [0, 0.05) is 44.7 Å². The van der Waals surface area contributed by atoms with Crippen LogP contribution in [-0.4, -0.2) is 69.8 Å². The third-order valence-corrected chi connectivity index (χ3v) is 6.58. The lowest BCUT2D eigenvalue weighted by molar-refractivity contribution is -0.125. The minimum absolute atomic E-state index is 0.0388. The number of piperidine rings is 1. The molecule has 2 rings (SSSR count). The molecule has 9 heteroatoms. The van der Waals surface area contributed by atoms with Gasteiger partial charge in [-0.05, 0) is 31.0 Å². The third kappa shape index (κ3) is 4.82. The number of carbonyl (C=O) groups is 2. The zero-order valence-corrected chi connectivity index (χ0v) is 17.9. The van der Waals surface area contributed by atoms with Gasteiger partial charge < -0.3 is 15.0 Å². The van der Waals surface area contributed by atoms with Gasteiger partial charge in [-0.15, -0.1) is 0 Å². The molecule has 0 aliphatic carbocycles. The molecule has 0 saturated carbocycles. The Bertz CT molecular complexity index is 836. The molecular formula is C19H29N3O5S. The van der Waals surface area contributed by atoms with Gasteiger partial charge in [0.25, 0.3) is 5.91 Å². The highest BCUT2D eigenvalue weighted by molar-refractivity contribution is 7.89. The number of nitrogens with one attached hydrogen (secondary N) is 1. The fourth-order valence-electron chi connectivity index (χ4n) is 3.04. The van der Waals surface area contributed by atoms with Crippen molar-refractivity contribution in [2.45, 2.75) is 37.6 Å². The van der Waals surface area contributed by atoms with E-state index in [9.17, 15) is 18.0 Å². The lowest BCUT2D eigenvalue weighted by Gasteiger charge is -2.33. The van der Waals surface area contributed by atoms with Gasteiger partial charge in [-0.2, -0.15) is 0 Å². The maximum atomic E-state index is 13.0. The predicted octanol–water partition coefficient (Wildman–Crippen LogP) is 1.32. The Morgan fingerprint density at radius 1 is 1.29 bits per heavy atom. The van der Waals surface area contributed by atoms with Crippen molar-refractivity contribution >= 4 is 21.8 Å². The van der Waals surface area contributed by atoms with Crippen molar-refractivity contribution in [1.29, 1.82) is 0 Å². The first kappa shape index (κ1) is 22.2. The molecule has 1 fully saturated rings. The van der Waals surface area contributed by atoms with E-state index >= 15 is 0 Å². The summed E-state index contributed by atoms with van der Waals surface area (Å²) in [6, 6.07) is 4.31. The molecule has 1 saturated heterocycles. The standard InChI is InChI=1S/C19H29N3O5S/c1-13(2)18(23)20-15-7-6-10-22(12-15)19(24)14-8-9-16(27-5)17(11-14)28(25,26)21(3)4/h8-9,11,13,15H,6-7,10,12H2,1-5H3,(H,20,23). The zero-order chi connectivity index (χ0) is 21.1. The van der Waals surface area contributed by atoms with E-state index in [-0.39, 0.29) is 40.0 Å². The number of hydrogen-bond donors (Lipinski definition) is 1. The molecule has 2 amide bonds. The van der Waals surface area contributed by atoms with E-state index in [1.807, 2.05) is 13.8 Å². The number of likely N-dealkylation sites (tertiary alicyclic amines) is 1. The number of hydrogen-bond acceptors (Lipinski definition) is 5. The van der Waals surface area contributed by atoms with E-state index in [1.54, 1.807) is 11.0 Å². The molecule has 1 aliphatic heterocycles. The van der Waals surface area contributed by atoms with Gasteiger partial charge in [-0.25, -0.2) is 12.7 Å². The minimum atomic E-state index is -3.76. The summed E-state index contributed by atoms with van der Waals surface area (Å²) in [5, 5.41) is 2.97. The number of sulfonamides is 1. The van der Waals surface area contributed by atoms with E-state index < -0.39 is 10.0 Å². The molecule has 1 atom stereocenters. The molecule has 1 aromatic carbocycles. The van der Waals surface area contributed by atoms with E-state index in [0.29, 0.717) is 13.1 Å². The quantitative estimate of drug-likeness (QED) is 0.762. The maximum absolute atomic E-state index is 13.0. The van der Waals surface area contributed by atoms with Crippen LogP contribution in [0.3, 0.4) is 0 Å². The molecule has 1 unspecified atom stereocenters. The first-order chi connectivity index (χ1) is 13.1. The smallest absolute Gasteiger partial charge is 0.253 e. The predicted molar refractivity (Wildman–Crippen MR) is 106 cm³/mol. The Morgan fingerprint density at radius 2 is 1.96 bits per heavy atom. The van der Waals surface area contributed by atoms with Crippen LogP contribution >= 0.6 is 0 Å². The Hall–Kier alpha value is -2.13. The average molecular weight is 412 g/mol. The molecule has 1 heterocycles. The molecule has 1 aromatic rings. The first-order valence-electron chi connectivity index (χ1n) is 9.28. The topological polar surface area (TPSA) is 96.0 Å². The van der Waals surface area contributed by atoms with Crippen LogP contribution in [0, 0.1) is 5.92 Å². The Morgan fingerprint density at radius 3 is 2.54 bits per heavy atom. The van der Waals surface area contributed by atoms with Crippen LogP contribution in [0.15, 0.2) is 23.1 Å². The Labute approximate surface area is 166 Å². The van der Waals surface area contributed by atoms with Gasteiger partial charge in [0.1, 0.15) is 10.6 Å². The van der Waals surface area contributed by atoms with Gasteiger partial charge in [0.15, 0.2) is 0 Å². The molecule has 28 heavy (non-hydrogen) atoms. The molecule has 1 N–H and O–H groups in total. The Kier molecular flexibility index (Phi) is 7.06. The van der Waals surface area contributed by atoms with Crippen molar-refractivity contribution in [2.24, 2.45) is 5.92 Å². The normalized spacial score (nSPS) is 17.7. The summed E-state index contributed by atoms with van der Waals surface area (Å²) in [5.74, 6) is -0.234. The van der Waals surface area contributed by atoms with Crippen molar-refractivity contribution in [2.75, 3.05) is 34.3 Å². The highest BCUT2D eigenvalue weighted by Crippen LogP contribution is 2.28. The molecule has 156 valence electrons. The molecule has 1 aliphatic rings. The van der Waals surface area contributed by atoms with Crippen LogP contribution in [0.25, 0.3) is 0 Å². The summed E-state index contributed by atoms with van der Waals surface area (Å²) >= 11 is 0. The monoisotopic (exact) mass is 411 g/mol. The Balaban J connectivity index is 2.25. The second-order valence-electron chi connectivity index (χ2n) is 7.41. The molecule has 0 radical (unpaired) electrons. The van der Waals surface area contributed by atoms with E-state index in [4.69, 9.17) is 4.74 Å². The number of rotatable bonds is 6. The fraction of sp³-hybridized carbons (Fsp3) is 0.579. The zero-order valence-electron chi connectivity index (χ0n) is 17.1. The molecule has 8 nitrogen and oxygen atoms in total. The van der Waals surface area contributed by atoms with Crippen LogP contribution in [0.5, 0.6) is 5.75 Å². The first-order valence-corrected chi connectivity index (χ1v) is 10.7. The van der Waals surface area contributed by atoms with Crippen LogP contribution < -0.4 is 10.1 Å². The number of ether oxygens (including phenoxy) is 1. The van der Waals surface area contributed by atoms with Gasteiger partial charge in [-0.3, -0.25) is 9.59 Å². The second kappa shape index (κ2) is 8.91. The van der Waals surface area contributed by atoms with Gasteiger partial charge in [-0.1, -0.05) is 13.8 Å². The SMILES string of the molecule is COc1ccc(C(=O)N2CCCC(NC(=O)C(C)C)C2)cc1S(=O)(=O)N(C)C. The van der Waals surface area contributed by atoms with Crippen LogP contribution in [0.1, 0.15) is 37.0 Å². The van der Waals surface area contributed by atoms with E-state index in [0.717, 1.165) is 17.1 Å². The van der Waals surface area contributed by atoms with E-state index in [2.05, 4.69) is 5.32 Å². The highest BCUT2D eigenvalue weighted by atomic mass is 32.2.